The first-order chi connectivity index (χ1) is 13.6. The third-order valence-electron chi connectivity index (χ3n) is 4.03. The molecule has 2 heterocycles. The van der Waals surface area contributed by atoms with Crippen LogP contribution in [-0.2, 0) is 6.67 Å². The zero-order chi connectivity index (χ0) is 21.5. The second kappa shape index (κ2) is 7.33. The lowest BCUT2D eigenvalue weighted by Crippen LogP contribution is -2.18. The Morgan fingerprint density at radius 3 is 2.34 bits per heavy atom. The number of benzene rings is 1. The molecule has 0 aliphatic heterocycles. The maximum absolute atomic E-state index is 13.7. The summed E-state index contributed by atoms with van der Waals surface area (Å²) in [5.41, 5.74) is -1.31. The van der Waals surface area contributed by atoms with Gasteiger partial charge in [-0.05, 0) is 19.9 Å². The highest BCUT2D eigenvalue weighted by molar-refractivity contribution is 6.02. The summed E-state index contributed by atoms with van der Waals surface area (Å²) in [5, 5.41) is 20.7. The molecule has 9 nitrogen and oxygen atoms in total. The normalized spacial score (nSPS) is 11.0. The number of aromatic nitrogens is 4. The second-order valence-electron chi connectivity index (χ2n) is 5.96. The van der Waals surface area contributed by atoms with Crippen molar-refractivity contribution in [2.75, 3.05) is 5.32 Å². The number of carbonyl (C=O) groups excluding carboxylic acids is 1. The second-order valence-corrected chi connectivity index (χ2v) is 5.96. The molecule has 3 rings (SSSR count). The number of amides is 1. The SMILES string of the molecule is Cc1nn(Cn2ccc(C(=O)Nc3c(F)c(F)cc(F)c3F)n2)c(C)c1[N+](=O)[O-]. The number of nitrogens with one attached hydrogen (secondary N) is 1. The molecule has 3 aromatic rings. The molecule has 0 unspecified atom stereocenters. The van der Waals surface area contributed by atoms with E-state index in [-0.39, 0.29) is 35.5 Å². The van der Waals surface area contributed by atoms with Gasteiger partial charge in [0.15, 0.2) is 29.0 Å². The van der Waals surface area contributed by atoms with Gasteiger partial charge in [-0.1, -0.05) is 0 Å². The molecule has 0 fully saturated rings. The van der Waals surface area contributed by atoms with Crippen molar-refractivity contribution >= 4 is 17.3 Å². The van der Waals surface area contributed by atoms with Gasteiger partial charge in [-0.25, -0.2) is 22.2 Å². The summed E-state index contributed by atoms with van der Waals surface area (Å²) in [6, 6.07) is 1.20. The predicted octanol–water partition coefficient (Wildman–Crippen LogP) is 2.92. The monoisotopic (exact) mass is 412 g/mol. The highest BCUT2D eigenvalue weighted by atomic mass is 19.2. The van der Waals surface area contributed by atoms with Crippen molar-refractivity contribution in [2.45, 2.75) is 20.5 Å². The van der Waals surface area contributed by atoms with Gasteiger partial charge >= 0.3 is 5.69 Å². The van der Waals surface area contributed by atoms with Crippen LogP contribution in [-0.4, -0.2) is 30.4 Å². The van der Waals surface area contributed by atoms with Crippen LogP contribution in [0.3, 0.4) is 0 Å². The van der Waals surface area contributed by atoms with E-state index in [1.165, 1.54) is 35.5 Å². The predicted molar refractivity (Wildman–Crippen MR) is 90.2 cm³/mol. The number of rotatable bonds is 5. The molecule has 2 aromatic heterocycles. The minimum absolute atomic E-state index is 0.0165. The number of nitrogens with zero attached hydrogens (tertiary/aromatic N) is 5. The summed E-state index contributed by atoms with van der Waals surface area (Å²) in [7, 11) is 0. The minimum atomic E-state index is -1.76. The molecule has 0 aliphatic carbocycles. The summed E-state index contributed by atoms with van der Waals surface area (Å²) in [4.78, 5) is 22.6. The highest BCUT2D eigenvalue weighted by Crippen LogP contribution is 2.25. The van der Waals surface area contributed by atoms with Crippen molar-refractivity contribution in [3.05, 3.63) is 68.8 Å². The number of halogens is 4. The number of carbonyl (C=O) groups is 1. The Bertz CT molecular complexity index is 1110. The van der Waals surface area contributed by atoms with Gasteiger partial charge in [0, 0.05) is 12.3 Å². The zero-order valence-corrected chi connectivity index (χ0v) is 14.9. The maximum atomic E-state index is 13.7. The number of aryl methyl sites for hydroxylation is 1. The van der Waals surface area contributed by atoms with Crippen molar-refractivity contribution < 1.29 is 27.3 Å². The van der Waals surface area contributed by atoms with E-state index < -0.39 is 39.8 Å². The molecule has 13 heteroatoms. The van der Waals surface area contributed by atoms with Crippen LogP contribution in [0.4, 0.5) is 28.9 Å². The maximum Gasteiger partial charge on any atom is 0.312 e. The lowest BCUT2D eigenvalue weighted by molar-refractivity contribution is -0.386. The Labute approximate surface area is 159 Å². The van der Waals surface area contributed by atoms with Gasteiger partial charge in [0.05, 0.1) is 4.92 Å². The molecular formula is C16H12F4N6O3. The summed E-state index contributed by atoms with van der Waals surface area (Å²) in [5.74, 6) is -7.98. The fourth-order valence-electron chi connectivity index (χ4n) is 2.65. The standard InChI is InChI=1S/C16H12F4N6O3/c1-7-15(26(28)29)8(2)25(22-7)6-24-4-3-11(23-24)16(27)21-14-12(19)9(17)5-10(18)13(14)20/h3-5H,6H2,1-2H3,(H,21,27). The van der Waals surface area contributed by atoms with Gasteiger partial charge in [-0.3, -0.25) is 19.6 Å². The molecule has 0 bridgehead atoms. The van der Waals surface area contributed by atoms with E-state index >= 15 is 0 Å². The van der Waals surface area contributed by atoms with E-state index in [1.807, 2.05) is 0 Å². The van der Waals surface area contributed by atoms with Crippen molar-refractivity contribution in [1.29, 1.82) is 0 Å². The molecule has 1 aromatic carbocycles. The first kappa shape index (κ1) is 20.0. The van der Waals surface area contributed by atoms with Crippen molar-refractivity contribution in [2.24, 2.45) is 0 Å². The molecule has 152 valence electrons. The van der Waals surface area contributed by atoms with Crippen molar-refractivity contribution in [3.8, 4) is 0 Å². The number of hydrogen-bond donors (Lipinski definition) is 1. The van der Waals surface area contributed by atoms with Crippen LogP contribution < -0.4 is 5.32 Å². The number of anilines is 1. The number of nitro groups is 1. The van der Waals surface area contributed by atoms with E-state index in [4.69, 9.17) is 0 Å². The molecular weight excluding hydrogens is 400 g/mol. The quantitative estimate of drug-likeness (QED) is 0.300. The Kier molecular flexibility index (Phi) is 5.05. The molecule has 0 aliphatic rings. The summed E-state index contributed by atoms with van der Waals surface area (Å²) >= 11 is 0. The number of hydrogen-bond acceptors (Lipinski definition) is 5. The Hall–Kier alpha value is -3.77. The molecule has 0 saturated carbocycles. The minimum Gasteiger partial charge on any atom is -0.315 e. The third kappa shape index (κ3) is 3.66. The smallest absolute Gasteiger partial charge is 0.312 e. The van der Waals surface area contributed by atoms with Crippen LogP contribution in [0.5, 0.6) is 0 Å². The van der Waals surface area contributed by atoms with Gasteiger partial charge in [0.25, 0.3) is 5.91 Å². The Morgan fingerprint density at radius 2 is 1.79 bits per heavy atom. The van der Waals surface area contributed by atoms with Crippen LogP contribution >= 0.6 is 0 Å². The molecule has 0 spiro atoms. The van der Waals surface area contributed by atoms with Crippen LogP contribution in [0.1, 0.15) is 21.9 Å². The molecule has 1 N–H and O–H groups in total. The summed E-state index contributed by atoms with van der Waals surface area (Å²) < 4.78 is 56.3. The average molecular weight is 412 g/mol. The van der Waals surface area contributed by atoms with Crippen molar-refractivity contribution in [1.82, 2.24) is 19.6 Å². The van der Waals surface area contributed by atoms with Crippen molar-refractivity contribution in [3.63, 3.8) is 0 Å². The fraction of sp³-hybridized carbons (Fsp3) is 0.188. The lowest BCUT2D eigenvalue weighted by atomic mass is 10.2. The van der Waals surface area contributed by atoms with Crippen LogP contribution in [0.2, 0.25) is 0 Å². The fourth-order valence-corrected chi connectivity index (χ4v) is 2.65. The Morgan fingerprint density at radius 1 is 1.17 bits per heavy atom. The largest absolute Gasteiger partial charge is 0.315 e. The topological polar surface area (TPSA) is 108 Å². The molecule has 0 saturated heterocycles. The highest BCUT2D eigenvalue weighted by Gasteiger charge is 2.24. The van der Waals surface area contributed by atoms with Gasteiger partial charge in [-0.2, -0.15) is 10.2 Å². The van der Waals surface area contributed by atoms with E-state index in [1.54, 1.807) is 5.32 Å². The van der Waals surface area contributed by atoms with Gasteiger partial charge < -0.3 is 5.32 Å². The summed E-state index contributed by atoms with van der Waals surface area (Å²) in [6.07, 6.45) is 1.32. The van der Waals surface area contributed by atoms with E-state index in [9.17, 15) is 32.5 Å². The van der Waals surface area contributed by atoms with E-state index in [2.05, 4.69) is 10.2 Å². The van der Waals surface area contributed by atoms with Gasteiger partial charge in [0.2, 0.25) is 0 Å². The van der Waals surface area contributed by atoms with Crippen LogP contribution in [0.25, 0.3) is 0 Å². The van der Waals surface area contributed by atoms with E-state index in [0.717, 1.165) is 0 Å². The Balaban J connectivity index is 1.82. The van der Waals surface area contributed by atoms with Gasteiger partial charge in [-0.15, -0.1) is 0 Å². The first-order valence-electron chi connectivity index (χ1n) is 7.96. The van der Waals surface area contributed by atoms with E-state index in [0.29, 0.717) is 0 Å². The lowest BCUT2D eigenvalue weighted by Gasteiger charge is -2.08. The zero-order valence-electron chi connectivity index (χ0n) is 14.9. The third-order valence-corrected chi connectivity index (χ3v) is 4.03. The van der Waals surface area contributed by atoms with Crippen LogP contribution in [0.15, 0.2) is 18.3 Å². The summed E-state index contributed by atoms with van der Waals surface area (Å²) in [6.45, 7) is 2.86. The molecule has 1 amide bonds. The van der Waals surface area contributed by atoms with Crippen LogP contribution in [0, 0.1) is 47.2 Å². The molecule has 0 atom stereocenters. The van der Waals surface area contributed by atoms with Gasteiger partial charge in [0.1, 0.15) is 23.7 Å². The average Bonchev–Trinajstić information content (AvgIpc) is 3.21. The molecule has 29 heavy (non-hydrogen) atoms. The molecule has 0 radical (unpaired) electrons. The first-order valence-corrected chi connectivity index (χ1v) is 7.96.